The maximum Gasteiger partial charge on any atom is 0.227 e. The highest BCUT2D eigenvalue weighted by Crippen LogP contribution is 2.12. The number of phenols is 1. The van der Waals surface area contributed by atoms with Gasteiger partial charge in [-0.1, -0.05) is 12.1 Å². The second-order valence-electron chi connectivity index (χ2n) is 4.23. The Balaban J connectivity index is 1.95. The highest BCUT2D eigenvalue weighted by molar-refractivity contribution is 5.78. The third kappa shape index (κ3) is 3.13. The maximum absolute atomic E-state index is 12.0. The number of amides is 1. The van der Waals surface area contributed by atoms with Gasteiger partial charge in [0.1, 0.15) is 5.75 Å². The smallest absolute Gasteiger partial charge is 0.227 e. The third-order valence-corrected chi connectivity index (χ3v) is 2.69. The quantitative estimate of drug-likeness (QED) is 0.898. The Labute approximate surface area is 105 Å². The van der Waals surface area contributed by atoms with Crippen LogP contribution < -0.4 is 0 Å². The van der Waals surface area contributed by atoms with Crippen LogP contribution in [0.25, 0.3) is 0 Å². The van der Waals surface area contributed by atoms with E-state index in [1.165, 1.54) is 0 Å². The van der Waals surface area contributed by atoms with E-state index in [0.29, 0.717) is 6.54 Å². The molecule has 0 fully saturated rings. The Morgan fingerprint density at radius 1 is 1.33 bits per heavy atom. The molecule has 0 aliphatic carbocycles. The zero-order valence-electron chi connectivity index (χ0n) is 10.2. The number of phenolic OH excluding ortho intramolecular Hbond substituents is 1. The normalized spacial score (nSPS) is 10.3. The number of hydrogen-bond donors (Lipinski definition) is 1. The molecule has 1 aromatic heterocycles. The molecule has 0 saturated heterocycles. The number of nitrogens with zero attached hydrogens (tertiary/aromatic N) is 1. The molecule has 0 aliphatic heterocycles. The van der Waals surface area contributed by atoms with Crippen molar-refractivity contribution in [1.82, 2.24) is 4.90 Å². The van der Waals surface area contributed by atoms with Crippen molar-refractivity contribution in [2.75, 3.05) is 7.05 Å². The Hall–Kier alpha value is -2.23. The van der Waals surface area contributed by atoms with Crippen molar-refractivity contribution in [2.45, 2.75) is 13.0 Å². The minimum Gasteiger partial charge on any atom is -0.508 e. The number of carbonyl (C=O) groups is 1. The first-order valence-electron chi connectivity index (χ1n) is 5.68. The topological polar surface area (TPSA) is 53.7 Å². The highest BCUT2D eigenvalue weighted by atomic mass is 16.3. The average Bonchev–Trinajstić information content (AvgIpc) is 2.81. The van der Waals surface area contributed by atoms with E-state index in [1.54, 1.807) is 42.7 Å². The molecule has 1 N–H and O–H groups in total. The molecule has 18 heavy (non-hydrogen) atoms. The number of likely N-dealkylation sites (N-methyl/N-ethyl adjacent to an activating group) is 1. The summed E-state index contributed by atoms with van der Waals surface area (Å²) in [5, 5.41) is 9.33. The zero-order chi connectivity index (χ0) is 13.0. The second kappa shape index (κ2) is 5.40. The third-order valence-electron chi connectivity index (χ3n) is 2.69. The Morgan fingerprint density at radius 3 is 2.83 bits per heavy atom. The fourth-order valence-electron chi connectivity index (χ4n) is 1.72. The van der Waals surface area contributed by atoms with Crippen LogP contribution in [0.1, 0.15) is 11.1 Å². The van der Waals surface area contributed by atoms with Gasteiger partial charge in [0.25, 0.3) is 0 Å². The summed E-state index contributed by atoms with van der Waals surface area (Å²) in [5.41, 5.74) is 1.76. The number of rotatable bonds is 4. The lowest BCUT2D eigenvalue weighted by molar-refractivity contribution is -0.129. The van der Waals surface area contributed by atoms with Gasteiger partial charge in [-0.15, -0.1) is 0 Å². The lowest BCUT2D eigenvalue weighted by atomic mass is 10.1. The van der Waals surface area contributed by atoms with E-state index in [4.69, 9.17) is 4.42 Å². The summed E-state index contributed by atoms with van der Waals surface area (Å²) in [6.45, 7) is 0.522. The van der Waals surface area contributed by atoms with Crippen LogP contribution in [-0.2, 0) is 17.8 Å². The summed E-state index contributed by atoms with van der Waals surface area (Å²) in [4.78, 5) is 13.6. The molecule has 0 aliphatic rings. The molecule has 2 rings (SSSR count). The molecule has 0 spiro atoms. The molecule has 4 nitrogen and oxygen atoms in total. The fourth-order valence-corrected chi connectivity index (χ4v) is 1.72. The van der Waals surface area contributed by atoms with E-state index < -0.39 is 0 Å². The van der Waals surface area contributed by atoms with E-state index in [9.17, 15) is 9.90 Å². The largest absolute Gasteiger partial charge is 0.508 e. The minimum atomic E-state index is 0.00167. The predicted molar refractivity (Wildman–Crippen MR) is 67.0 cm³/mol. The molecule has 0 saturated carbocycles. The van der Waals surface area contributed by atoms with E-state index in [1.807, 2.05) is 12.1 Å². The van der Waals surface area contributed by atoms with Crippen LogP contribution in [0.5, 0.6) is 5.75 Å². The van der Waals surface area contributed by atoms with Crippen molar-refractivity contribution in [1.29, 1.82) is 0 Å². The minimum absolute atomic E-state index is 0.00167. The van der Waals surface area contributed by atoms with Crippen LogP contribution in [-0.4, -0.2) is 23.0 Å². The van der Waals surface area contributed by atoms with Gasteiger partial charge in [-0.25, -0.2) is 0 Å². The number of hydrogen-bond acceptors (Lipinski definition) is 3. The first-order valence-corrected chi connectivity index (χ1v) is 5.68. The second-order valence-corrected chi connectivity index (χ2v) is 4.23. The summed E-state index contributed by atoms with van der Waals surface area (Å²) >= 11 is 0. The van der Waals surface area contributed by atoms with Gasteiger partial charge in [0.05, 0.1) is 18.9 Å². The molecule has 1 aromatic carbocycles. The molecule has 1 heterocycles. The Kier molecular flexibility index (Phi) is 3.67. The lowest BCUT2D eigenvalue weighted by Gasteiger charge is -2.16. The number of furan rings is 1. The summed E-state index contributed by atoms with van der Waals surface area (Å²) in [7, 11) is 1.75. The summed E-state index contributed by atoms with van der Waals surface area (Å²) in [6, 6.07) is 8.57. The van der Waals surface area contributed by atoms with Crippen LogP contribution in [0.2, 0.25) is 0 Å². The van der Waals surface area contributed by atoms with Crippen molar-refractivity contribution in [3.8, 4) is 5.75 Å². The van der Waals surface area contributed by atoms with Crippen LogP contribution in [0.15, 0.2) is 47.3 Å². The van der Waals surface area contributed by atoms with Gasteiger partial charge in [0.15, 0.2) is 0 Å². The average molecular weight is 245 g/mol. The van der Waals surface area contributed by atoms with Crippen LogP contribution in [0.4, 0.5) is 0 Å². The molecular weight excluding hydrogens is 230 g/mol. The summed E-state index contributed by atoms with van der Waals surface area (Å²) in [5.74, 6) is 0.180. The van der Waals surface area contributed by atoms with Crippen molar-refractivity contribution in [3.63, 3.8) is 0 Å². The molecule has 0 bridgehead atoms. The summed E-state index contributed by atoms with van der Waals surface area (Å²) in [6.07, 6.45) is 3.49. The summed E-state index contributed by atoms with van der Waals surface area (Å²) < 4.78 is 4.96. The van der Waals surface area contributed by atoms with Crippen LogP contribution in [0.3, 0.4) is 0 Å². The molecule has 0 unspecified atom stereocenters. The van der Waals surface area contributed by atoms with Crippen LogP contribution >= 0.6 is 0 Å². The van der Waals surface area contributed by atoms with Crippen LogP contribution in [0, 0.1) is 0 Å². The number of aromatic hydroxyl groups is 1. The lowest BCUT2D eigenvalue weighted by Crippen LogP contribution is -2.27. The number of carbonyl (C=O) groups excluding carboxylic acids is 1. The van der Waals surface area contributed by atoms with E-state index in [-0.39, 0.29) is 18.1 Å². The number of benzene rings is 1. The SMILES string of the molecule is CN(Cc1ccoc1)C(=O)Cc1cccc(O)c1. The van der Waals surface area contributed by atoms with Crippen molar-refractivity contribution in [3.05, 3.63) is 54.0 Å². The first kappa shape index (κ1) is 12.2. The predicted octanol–water partition coefficient (Wildman–Crippen LogP) is 2.19. The van der Waals surface area contributed by atoms with Gasteiger partial charge in [-0.05, 0) is 23.8 Å². The molecule has 0 radical (unpaired) electrons. The molecular formula is C14H15NO3. The van der Waals surface area contributed by atoms with Gasteiger partial charge >= 0.3 is 0 Å². The van der Waals surface area contributed by atoms with Gasteiger partial charge in [-0.3, -0.25) is 4.79 Å². The monoisotopic (exact) mass is 245 g/mol. The molecule has 4 heteroatoms. The van der Waals surface area contributed by atoms with Gasteiger partial charge in [-0.2, -0.15) is 0 Å². The Bertz CT molecular complexity index is 520. The Morgan fingerprint density at radius 2 is 2.17 bits per heavy atom. The zero-order valence-corrected chi connectivity index (χ0v) is 10.2. The van der Waals surface area contributed by atoms with Gasteiger partial charge in [0, 0.05) is 19.2 Å². The van der Waals surface area contributed by atoms with Gasteiger partial charge < -0.3 is 14.4 Å². The molecule has 94 valence electrons. The maximum atomic E-state index is 12.0. The molecule has 2 aromatic rings. The highest BCUT2D eigenvalue weighted by Gasteiger charge is 2.10. The molecule has 1 amide bonds. The standard InChI is InChI=1S/C14H15NO3/c1-15(9-12-5-6-18-10-12)14(17)8-11-3-2-4-13(16)7-11/h2-7,10,16H,8-9H2,1H3. The fraction of sp³-hybridized carbons (Fsp3) is 0.214. The van der Waals surface area contributed by atoms with E-state index >= 15 is 0 Å². The molecule has 0 atom stereocenters. The van der Waals surface area contributed by atoms with Crippen molar-refractivity contribution < 1.29 is 14.3 Å². The van der Waals surface area contributed by atoms with E-state index in [2.05, 4.69) is 0 Å². The van der Waals surface area contributed by atoms with E-state index in [0.717, 1.165) is 11.1 Å². The first-order chi connectivity index (χ1) is 8.65. The van der Waals surface area contributed by atoms with Crippen molar-refractivity contribution in [2.24, 2.45) is 0 Å². The van der Waals surface area contributed by atoms with Crippen molar-refractivity contribution >= 4 is 5.91 Å². The van der Waals surface area contributed by atoms with Gasteiger partial charge in [0.2, 0.25) is 5.91 Å².